The van der Waals surface area contributed by atoms with Gasteiger partial charge in [-0.3, -0.25) is 15.5 Å². The number of nitrogens with one attached hydrogen (secondary N) is 1. The summed E-state index contributed by atoms with van der Waals surface area (Å²) in [6.45, 7) is 0. The first-order chi connectivity index (χ1) is 9.47. The van der Waals surface area contributed by atoms with Crippen LogP contribution in [0.3, 0.4) is 0 Å². The zero-order valence-corrected chi connectivity index (χ0v) is 10.7. The van der Waals surface area contributed by atoms with E-state index in [9.17, 15) is 10.1 Å². The van der Waals surface area contributed by atoms with Crippen LogP contribution < -0.4 is 10.5 Å². The van der Waals surface area contributed by atoms with E-state index < -0.39 is 4.92 Å². The normalized spacial score (nSPS) is 10.1. The van der Waals surface area contributed by atoms with Crippen molar-refractivity contribution >= 4 is 23.1 Å². The van der Waals surface area contributed by atoms with Crippen molar-refractivity contribution in [3.8, 4) is 11.8 Å². The average molecular weight is 294 g/mol. The summed E-state index contributed by atoms with van der Waals surface area (Å²) in [5.41, 5.74) is 5.13. The number of amidine groups is 1. The molecule has 3 N–H and O–H groups in total. The monoisotopic (exact) mass is 293 g/mol. The highest BCUT2D eigenvalue weighted by atomic mass is 35.5. The molecule has 0 spiro atoms. The van der Waals surface area contributed by atoms with Gasteiger partial charge in [-0.15, -0.1) is 0 Å². The fourth-order valence-electron chi connectivity index (χ4n) is 1.36. The van der Waals surface area contributed by atoms with Crippen LogP contribution in [0, 0.1) is 15.5 Å². The smallest absolute Gasteiger partial charge is 0.322 e. The minimum atomic E-state index is -0.629. The number of hydrogen-bond donors (Lipinski definition) is 2. The first-order valence-corrected chi connectivity index (χ1v) is 5.64. The predicted molar refractivity (Wildman–Crippen MR) is 71.2 cm³/mol. The molecule has 1 aromatic carbocycles. The molecule has 0 aliphatic heterocycles. The second kappa shape index (κ2) is 5.49. The summed E-state index contributed by atoms with van der Waals surface area (Å²) >= 11 is 5.69. The lowest BCUT2D eigenvalue weighted by molar-refractivity contribution is -0.385. The second-order valence-electron chi connectivity index (χ2n) is 3.61. The van der Waals surface area contributed by atoms with Crippen molar-refractivity contribution in [3.63, 3.8) is 0 Å². The quantitative estimate of drug-likeness (QED) is 0.384. The molecule has 0 aliphatic carbocycles. The van der Waals surface area contributed by atoms with Crippen molar-refractivity contribution in [2.75, 3.05) is 0 Å². The third kappa shape index (κ3) is 2.98. The Morgan fingerprint density at radius 1 is 1.45 bits per heavy atom. The van der Waals surface area contributed by atoms with Crippen molar-refractivity contribution in [2.24, 2.45) is 5.73 Å². The van der Waals surface area contributed by atoms with Crippen molar-refractivity contribution < 1.29 is 9.66 Å². The molecular formula is C11H8ClN5O3. The molecular weight excluding hydrogens is 286 g/mol. The summed E-state index contributed by atoms with van der Waals surface area (Å²) < 4.78 is 5.24. The number of hydrogen-bond acceptors (Lipinski definition) is 6. The number of rotatable bonds is 4. The summed E-state index contributed by atoms with van der Waals surface area (Å²) in [4.78, 5) is 17.9. The number of ether oxygens (including phenoxy) is 1. The second-order valence-corrected chi connectivity index (χ2v) is 4.05. The van der Waals surface area contributed by atoms with Crippen LogP contribution in [0.15, 0.2) is 30.5 Å². The van der Waals surface area contributed by atoms with Crippen LogP contribution in [0.2, 0.25) is 5.02 Å². The Balaban J connectivity index is 2.37. The van der Waals surface area contributed by atoms with Gasteiger partial charge in [-0.2, -0.15) is 4.98 Å². The van der Waals surface area contributed by atoms with Crippen LogP contribution in [0.1, 0.15) is 5.69 Å². The van der Waals surface area contributed by atoms with E-state index in [1.807, 2.05) is 0 Å². The summed E-state index contributed by atoms with van der Waals surface area (Å²) in [5.74, 6) is -0.317. The molecule has 2 rings (SSSR count). The lowest BCUT2D eigenvalue weighted by Gasteiger charge is -2.05. The molecule has 0 fully saturated rings. The van der Waals surface area contributed by atoms with E-state index in [1.165, 1.54) is 24.4 Å². The summed E-state index contributed by atoms with van der Waals surface area (Å²) in [6.07, 6.45) is 1.33. The van der Waals surface area contributed by atoms with Crippen molar-refractivity contribution in [1.29, 1.82) is 5.41 Å². The van der Waals surface area contributed by atoms with Crippen molar-refractivity contribution in [3.05, 3.63) is 51.3 Å². The Morgan fingerprint density at radius 3 is 2.85 bits per heavy atom. The number of nitrogen functional groups attached to an aromatic ring is 1. The minimum absolute atomic E-state index is 0.0555. The maximum atomic E-state index is 10.9. The van der Waals surface area contributed by atoms with E-state index >= 15 is 0 Å². The van der Waals surface area contributed by atoms with Gasteiger partial charge in [0.05, 0.1) is 4.92 Å². The Morgan fingerprint density at radius 2 is 2.20 bits per heavy atom. The molecule has 0 saturated heterocycles. The van der Waals surface area contributed by atoms with Gasteiger partial charge in [0.15, 0.2) is 0 Å². The molecule has 0 bridgehead atoms. The zero-order valence-electron chi connectivity index (χ0n) is 9.91. The fraction of sp³-hybridized carbons (Fsp3) is 0. The first kappa shape index (κ1) is 13.7. The van der Waals surface area contributed by atoms with E-state index in [0.717, 1.165) is 6.07 Å². The number of nitrogens with zero attached hydrogens (tertiary/aromatic N) is 3. The Labute approximate surface area is 117 Å². The van der Waals surface area contributed by atoms with E-state index in [4.69, 9.17) is 27.5 Å². The van der Waals surface area contributed by atoms with Gasteiger partial charge in [-0.1, -0.05) is 11.6 Å². The number of aromatic nitrogens is 2. The third-order valence-corrected chi connectivity index (χ3v) is 2.46. The van der Waals surface area contributed by atoms with Crippen LogP contribution in [-0.2, 0) is 0 Å². The SMILES string of the molecule is N=C(N)c1ccnc(Oc2ccc(Cl)cc2[N+](=O)[O-])n1. The largest absolute Gasteiger partial charge is 0.417 e. The van der Waals surface area contributed by atoms with Crippen LogP contribution in [0.25, 0.3) is 0 Å². The summed E-state index contributed by atoms with van der Waals surface area (Å²) in [7, 11) is 0. The molecule has 0 amide bonds. The van der Waals surface area contributed by atoms with Gasteiger partial charge >= 0.3 is 11.7 Å². The molecule has 0 atom stereocenters. The molecule has 0 aliphatic rings. The zero-order chi connectivity index (χ0) is 14.7. The number of nitro groups is 1. The molecule has 0 unspecified atom stereocenters. The summed E-state index contributed by atoms with van der Waals surface area (Å²) in [5, 5.41) is 18.4. The van der Waals surface area contributed by atoms with Gasteiger partial charge in [0.1, 0.15) is 11.5 Å². The molecule has 1 heterocycles. The molecule has 8 nitrogen and oxygen atoms in total. The number of nitro benzene ring substituents is 1. The Kier molecular flexibility index (Phi) is 3.76. The highest BCUT2D eigenvalue weighted by Gasteiger charge is 2.17. The maximum Gasteiger partial charge on any atom is 0.322 e. The molecule has 102 valence electrons. The lowest BCUT2D eigenvalue weighted by Crippen LogP contribution is -2.13. The van der Waals surface area contributed by atoms with Crippen molar-refractivity contribution in [1.82, 2.24) is 9.97 Å². The molecule has 0 saturated carbocycles. The van der Waals surface area contributed by atoms with Gasteiger partial charge in [0.2, 0.25) is 5.75 Å². The lowest BCUT2D eigenvalue weighted by atomic mass is 10.3. The molecule has 0 radical (unpaired) electrons. The van der Waals surface area contributed by atoms with Crippen LogP contribution in [-0.4, -0.2) is 20.7 Å². The van der Waals surface area contributed by atoms with Crippen LogP contribution in [0.4, 0.5) is 5.69 Å². The highest BCUT2D eigenvalue weighted by molar-refractivity contribution is 6.30. The maximum absolute atomic E-state index is 10.9. The molecule has 2 aromatic rings. The first-order valence-electron chi connectivity index (χ1n) is 5.26. The fourth-order valence-corrected chi connectivity index (χ4v) is 1.52. The van der Waals surface area contributed by atoms with Gasteiger partial charge < -0.3 is 10.5 Å². The molecule has 20 heavy (non-hydrogen) atoms. The van der Waals surface area contributed by atoms with E-state index in [2.05, 4.69) is 9.97 Å². The molecule has 9 heteroatoms. The van der Waals surface area contributed by atoms with Gasteiger partial charge in [-0.05, 0) is 18.2 Å². The van der Waals surface area contributed by atoms with Gasteiger partial charge in [0, 0.05) is 17.3 Å². The number of halogens is 1. The van der Waals surface area contributed by atoms with E-state index in [1.54, 1.807) is 0 Å². The third-order valence-electron chi connectivity index (χ3n) is 2.23. The van der Waals surface area contributed by atoms with E-state index in [-0.39, 0.29) is 34.0 Å². The predicted octanol–water partition coefficient (Wildman–Crippen LogP) is 2.11. The Bertz CT molecular complexity index is 692. The van der Waals surface area contributed by atoms with Gasteiger partial charge in [0.25, 0.3) is 0 Å². The summed E-state index contributed by atoms with van der Waals surface area (Å²) in [6, 6.07) is 5.21. The number of nitrogens with two attached hydrogens (primary N) is 1. The Hall–Kier alpha value is -2.74. The average Bonchev–Trinajstić information content (AvgIpc) is 2.41. The minimum Gasteiger partial charge on any atom is -0.417 e. The van der Waals surface area contributed by atoms with Crippen LogP contribution >= 0.6 is 11.6 Å². The van der Waals surface area contributed by atoms with Gasteiger partial charge in [-0.25, -0.2) is 4.98 Å². The molecule has 1 aromatic heterocycles. The topological polar surface area (TPSA) is 128 Å². The van der Waals surface area contributed by atoms with E-state index in [0.29, 0.717) is 0 Å². The standard InChI is InChI=1S/C11H8ClN5O3/c12-6-1-2-9(8(5-6)17(18)19)20-11-15-4-3-7(16-11)10(13)14/h1-5H,(H3,13,14). The van der Waals surface area contributed by atoms with Crippen molar-refractivity contribution in [2.45, 2.75) is 0 Å². The number of benzene rings is 1. The van der Waals surface area contributed by atoms with Crippen LogP contribution in [0.5, 0.6) is 11.8 Å². The highest BCUT2D eigenvalue weighted by Crippen LogP contribution is 2.32.